The monoisotopic (exact) mass is 296 g/mol. The van der Waals surface area contributed by atoms with Crippen LogP contribution in [0.25, 0.3) is 0 Å². The van der Waals surface area contributed by atoms with E-state index in [4.69, 9.17) is 4.74 Å². The van der Waals surface area contributed by atoms with Crippen molar-refractivity contribution in [3.63, 3.8) is 0 Å². The molecular weight excluding hydrogens is 276 g/mol. The van der Waals surface area contributed by atoms with E-state index in [2.05, 4.69) is 5.32 Å². The molecule has 1 N–H and O–H groups in total. The van der Waals surface area contributed by atoms with E-state index < -0.39 is 10.0 Å². The highest BCUT2D eigenvalue weighted by Gasteiger charge is 2.33. The molecule has 0 saturated carbocycles. The van der Waals surface area contributed by atoms with E-state index in [9.17, 15) is 8.42 Å². The molecule has 0 aromatic heterocycles. The van der Waals surface area contributed by atoms with Crippen LogP contribution < -0.4 is 5.32 Å². The molecule has 0 radical (unpaired) electrons. The van der Waals surface area contributed by atoms with Crippen LogP contribution in [-0.4, -0.2) is 45.1 Å². The zero-order valence-corrected chi connectivity index (χ0v) is 12.4. The second kappa shape index (κ2) is 5.35. The molecule has 1 aromatic rings. The first-order chi connectivity index (χ1) is 9.63. The smallest absolute Gasteiger partial charge is 0.243 e. The molecule has 2 aliphatic heterocycles. The second-order valence-corrected chi connectivity index (χ2v) is 7.14. The highest BCUT2D eigenvalue weighted by atomic mass is 32.2. The number of fused-ring (bicyclic) bond motifs is 1. The van der Waals surface area contributed by atoms with Gasteiger partial charge in [-0.15, -0.1) is 0 Å². The number of hydrogen-bond donors (Lipinski definition) is 1. The van der Waals surface area contributed by atoms with E-state index >= 15 is 0 Å². The number of ether oxygens (including phenoxy) is 1. The van der Waals surface area contributed by atoms with Crippen molar-refractivity contribution in [2.45, 2.75) is 30.7 Å². The standard InChI is InChI=1S/C14H20N2O3S/c1-2-12-10-19-8-7-16(12)20(17,18)13-3-4-14-11(9-13)5-6-15-14/h3-4,9,12,15H,2,5-8,10H2,1H3. The van der Waals surface area contributed by atoms with E-state index in [0.29, 0.717) is 24.7 Å². The molecule has 5 nitrogen and oxygen atoms in total. The Morgan fingerprint density at radius 3 is 3.10 bits per heavy atom. The average molecular weight is 296 g/mol. The fraction of sp³-hybridized carbons (Fsp3) is 0.571. The van der Waals surface area contributed by atoms with Crippen molar-refractivity contribution in [3.8, 4) is 0 Å². The third-order valence-corrected chi connectivity index (χ3v) is 5.99. The minimum absolute atomic E-state index is 0.0554. The average Bonchev–Trinajstić information content (AvgIpc) is 2.94. The molecule has 20 heavy (non-hydrogen) atoms. The maximum atomic E-state index is 12.8. The molecule has 1 fully saturated rings. The summed E-state index contributed by atoms with van der Waals surface area (Å²) in [5.41, 5.74) is 2.14. The summed E-state index contributed by atoms with van der Waals surface area (Å²) in [6.07, 6.45) is 1.66. The van der Waals surface area contributed by atoms with Crippen LogP contribution in [0.3, 0.4) is 0 Å². The van der Waals surface area contributed by atoms with Crippen LogP contribution in [0, 0.1) is 0 Å². The zero-order valence-electron chi connectivity index (χ0n) is 11.6. The van der Waals surface area contributed by atoms with Crippen molar-refractivity contribution in [1.29, 1.82) is 0 Å². The van der Waals surface area contributed by atoms with Crippen molar-refractivity contribution >= 4 is 15.7 Å². The fourth-order valence-electron chi connectivity index (χ4n) is 2.85. The predicted octanol–water partition coefficient (Wildman–Crippen LogP) is 1.45. The Kier molecular flexibility index (Phi) is 3.70. The summed E-state index contributed by atoms with van der Waals surface area (Å²) >= 11 is 0. The molecule has 2 aliphatic rings. The normalized spacial score (nSPS) is 23.4. The van der Waals surface area contributed by atoms with E-state index in [1.54, 1.807) is 10.4 Å². The van der Waals surface area contributed by atoms with Crippen molar-refractivity contribution in [2.75, 3.05) is 31.6 Å². The molecule has 1 saturated heterocycles. The van der Waals surface area contributed by atoms with Gasteiger partial charge in [-0.05, 0) is 36.6 Å². The van der Waals surface area contributed by atoms with Gasteiger partial charge >= 0.3 is 0 Å². The topological polar surface area (TPSA) is 58.6 Å². The van der Waals surface area contributed by atoms with Gasteiger partial charge in [-0.3, -0.25) is 0 Å². The molecule has 3 rings (SSSR count). The third kappa shape index (κ3) is 2.32. The number of benzene rings is 1. The molecule has 0 aliphatic carbocycles. The van der Waals surface area contributed by atoms with Crippen LogP contribution in [0.5, 0.6) is 0 Å². The van der Waals surface area contributed by atoms with Gasteiger partial charge < -0.3 is 10.1 Å². The Balaban J connectivity index is 1.94. The first kappa shape index (κ1) is 13.9. The van der Waals surface area contributed by atoms with Crippen LogP contribution in [0.15, 0.2) is 23.1 Å². The SMILES string of the molecule is CCC1COCCN1S(=O)(=O)c1ccc2c(c1)CCN2. The van der Waals surface area contributed by atoms with Crippen molar-refractivity contribution < 1.29 is 13.2 Å². The van der Waals surface area contributed by atoms with Crippen LogP contribution in [0.1, 0.15) is 18.9 Å². The molecule has 6 heteroatoms. The minimum atomic E-state index is -3.42. The Hall–Kier alpha value is -1.11. The Morgan fingerprint density at radius 1 is 1.45 bits per heavy atom. The first-order valence-corrected chi connectivity index (χ1v) is 8.53. The summed E-state index contributed by atoms with van der Waals surface area (Å²) in [4.78, 5) is 0.403. The van der Waals surface area contributed by atoms with Crippen LogP contribution in [0.2, 0.25) is 0 Å². The zero-order chi connectivity index (χ0) is 14.2. The lowest BCUT2D eigenvalue weighted by Gasteiger charge is -2.34. The summed E-state index contributed by atoms with van der Waals surface area (Å²) in [5.74, 6) is 0. The van der Waals surface area contributed by atoms with Gasteiger partial charge in [0.2, 0.25) is 10.0 Å². The van der Waals surface area contributed by atoms with Gasteiger partial charge in [0.25, 0.3) is 0 Å². The van der Waals surface area contributed by atoms with Crippen molar-refractivity contribution in [2.24, 2.45) is 0 Å². The molecule has 1 atom stereocenters. The molecule has 0 amide bonds. The van der Waals surface area contributed by atoms with E-state index in [1.165, 1.54) is 0 Å². The molecule has 0 bridgehead atoms. The Labute approximate surface area is 120 Å². The highest BCUT2D eigenvalue weighted by molar-refractivity contribution is 7.89. The fourth-order valence-corrected chi connectivity index (χ4v) is 4.57. The number of anilines is 1. The minimum Gasteiger partial charge on any atom is -0.384 e. The number of morpholine rings is 1. The lowest BCUT2D eigenvalue weighted by molar-refractivity contribution is 0.0314. The number of rotatable bonds is 3. The molecule has 1 aromatic carbocycles. The summed E-state index contributed by atoms with van der Waals surface area (Å²) in [5, 5.41) is 3.25. The lowest BCUT2D eigenvalue weighted by Crippen LogP contribution is -2.48. The Bertz CT molecular complexity index is 600. The molecule has 2 heterocycles. The number of sulfonamides is 1. The van der Waals surface area contributed by atoms with Gasteiger partial charge in [0.15, 0.2) is 0 Å². The molecular formula is C14H20N2O3S. The maximum Gasteiger partial charge on any atom is 0.243 e. The Morgan fingerprint density at radius 2 is 2.30 bits per heavy atom. The van der Waals surface area contributed by atoms with Crippen LogP contribution in [0.4, 0.5) is 5.69 Å². The summed E-state index contributed by atoms with van der Waals surface area (Å²) in [6.45, 7) is 4.28. The van der Waals surface area contributed by atoms with E-state index in [1.807, 2.05) is 19.1 Å². The molecule has 0 spiro atoms. The van der Waals surface area contributed by atoms with Gasteiger partial charge in [-0.25, -0.2) is 8.42 Å². The number of nitrogens with one attached hydrogen (secondary N) is 1. The summed E-state index contributed by atoms with van der Waals surface area (Å²) < 4.78 is 32.6. The van der Waals surface area contributed by atoms with E-state index in [0.717, 1.165) is 30.6 Å². The van der Waals surface area contributed by atoms with Gasteiger partial charge in [-0.1, -0.05) is 6.92 Å². The molecule has 110 valence electrons. The van der Waals surface area contributed by atoms with E-state index in [-0.39, 0.29) is 6.04 Å². The highest BCUT2D eigenvalue weighted by Crippen LogP contribution is 2.28. The van der Waals surface area contributed by atoms with Gasteiger partial charge in [0.05, 0.1) is 18.1 Å². The first-order valence-electron chi connectivity index (χ1n) is 7.09. The number of hydrogen-bond acceptors (Lipinski definition) is 4. The predicted molar refractivity (Wildman–Crippen MR) is 77.4 cm³/mol. The molecule has 1 unspecified atom stereocenters. The number of nitrogens with zero attached hydrogens (tertiary/aromatic N) is 1. The van der Waals surface area contributed by atoms with Gasteiger partial charge in [0.1, 0.15) is 0 Å². The maximum absolute atomic E-state index is 12.8. The van der Waals surface area contributed by atoms with Crippen molar-refractivity contribution in [3.05, 3.63) is 23.8 Å². The summed E-state index contributed by atoms with van der Waals surface area (Å²) in [6, 6.07) is 5.33. The summed E-state index contributed by atoms with van der Waals surface area (Å²) in [7, 11) is -3.42. The van der Waals surface area contributed by atoms with Crippen molar-refractivity contribution in [1.82, 2.24) is 4.31 Å². The lowest BCUT2D eigenvalue weighted by atomic mass is 10.2. The third-order valence-electron chi connectivity index (χ3n) is 4.04. The van der Waals surface area contributed by atoms with Crippen LogP contribution in [-0.2, 0) is 21.2 Å². The van der Waals surface area contributed by atoms with Crippen LogP contribution >= 0.6 is 0 Å². The largest absolute Gasteiger partial charge is 0.384 e. The second-order valence-electron chi connectivity index (χ2n) is 5.25. The van der Waals surface area contributed by atoms with Gasteiger partial charge in [-0.2, -0.15) is 4.31 Å². The van der Waals surface area contributed by atoms with Gasteiger partial charge in [0, 0.05) is 24.8 Å². The quantitative estimate of drug-likeness (QED) is 0.917.